The van der Waals surface area contributed by atoms with Crippen molar-refractivity contribution in [3.63, 3.8) is 0 Å². The van der Waals surface area contributed by atoms with E-state index in [0.717, 1.165) is 4.90 Å². The molecule has 2 aromatic rings. The molecule has 0 saturated carbocycles. The third kappa shape index (κ3) is 4.08. The number of hydrogen-bond acceptors (Lipinski definition) is 5. The number of imide groups is 1. The first kappa shape index (κ1) is 22.9. The Balaban J connectivity index is 1.85. The molecule has 0 radical (unpaired) electrons. The summed E-state index contributed by atoms with van der Waals surface area (Å²) in [5.41, 5.74) is 0.668. The van der Waals surface area contributed by atoms with E-state index in [1.54, 1.807) is 26.0 Å². The van der Waals surface area contributed by atoms with Crippen molar-refractivity contribution in [1.82, 2.24) is 9.21 Å². The predicted octanol–water partition coefficient (Wildman–Crippen LogP) is 2.99. The Kier molecular flexibility index (Phi) is 6.49. The number of nitrogens with zero attached hydrogens (tertiary/aromatic N) is 2. The number of carbonyl (C=O) groups excluding carboxylic acids is 3. The Hall–Kier alpha value is -2.75. The molecule has 0 fully saturated rings. The summed E-state index contributed by atoms with van der Waals surface area (Å²) in [5.74, 6) is -1.74. The Morgan fingerprint density at radius 2 is 1.61 bits per heavy atom. The van der Waals surface area contributed by atoms with Crippen molar-refractivity contribution in [1.29, 1.82) is 0 Å². The van der Waals surface area contributed by atoms with E-state index in [4.69, 9.17) is 11.6 Å². The van der Waals surface area contributed by atoms with Gasteiger partial charge in [-0.15, -0.1) is 0 Å². The van der Waals surface area contributed by atoms with Crippen LogP contribution in [0.3, 0.4) is 0 Å². The number of anilines is 1. The van der Waals surface area contributed by atoms with Gasteiger partial charge in [-0.3, -0.25) is 19.3 Å². The number of sulfonamides is 1. The first-order valence-corrected chi connectivity index (χ1v) is 11.5. The molecule has 1 N–H and O–H groups in total. The molecule has 1 atom stereocenters. The first-order valence-electron chi connectivity index (χ1n) is 9.70. The molecule has 1 aliphatic heterocycles. The highest BCUT2D eigenvalue weighted by Crippen LogP contribution is 2.29. The molecule has 8 nitrogen and oxygen atoms in total. The van der Waals surface area contributed by atoms with E-state index in [9.17, 15) is 22.8 Å². The van der Waals surface area contributed by atoms with Crippen LogP contribution in [0.1, 0.15) is 41.5 Å². The third-order valence-electron chi connectivity index (χ3n) is 5.11. The third-order valence-corrected chi connectivity index (χ3v) is 7.65. The topological polar surface area (TPSA) is 104 Å². The lowest BCUT2D eigenvalue weighted by molar-refractivity contribution is -0.119. The zero-order chi connectivity index (χ0) is 22.9. The second-order valence-electron chi connectivity index (χ2n) is 6.93. The van der Waals surface area contributed by atoms with Crippen molar-refractivity contribution in [2.45, 2.75) is 31.7 Å². The Morgan fingerprint density at radius 1 is 1.06 bits per heavy atom. The number of hydrogen-bond donors (Lipinski definition) is 1. The van der Waals surface area contributed by atoms with Gasteiger partial charge in [-0.2, -0.15) is 4.31 Å². The zero-order valence-electron chi connectivity index (χ0n) is 17.3. The molecule has 1 heterocycles. The van der Waals surface area contributed by atoms with Crippen molar-refractivity contribution in [2.75, 3.05) is 18.4 Å². The molecular formula is C21H22ClN3O5S. The summed E-state index contributed by atoms with van der Waals surface area (Å²) in [6, 6.07) is 9.34. The van der Waals surface area contributed by atoms with Crippen molar-refractivity contribution in [3.8, 4) is 0 Å². The molecule has 0 aromatic heterocycles. The molecule has 1 unspecified atom stereocenters. The van der Waals surface area contributed by atoms with E-state index in [1.165, 1.54) is 41.6 Å². The molecule has 2 aromatic carbocycles. The number of rotatable bonds is 7. The lowest BCUT2D eigenvalue weighted by Gasteiger charge is -2.22. The standard InChI is InChI=1S/C21H22ClN3O5S/c1-4-24(5-2)31(29,30)18-12-14(10-11-17(18)22)23-19(26)13(3)25-20(27)15-8-6-7-9-16(15)21(25)28/h6-13H,4-5H2,1-3H3,(H,23,26). The van der Waals surface area contributed by atoms with E-state index < -0.39 is 33.8 Å². The van der Waals surface area contributed by atoms with Crippen LogP contribution in [-0.4, -0.2) is 54.5 Å². The van der Waals surface area contributed by atoms with E-state index in [1.807, 2.05) is 0 Å². The van der Waals surface area contributed by atoms with Crippen LogP contribution in [0, 0.1) is 0 Å². The molecule has 0 saturated heterocycles. The fourth-order valence-corrected chi connectivity index (χ4v) is 5.36. The Morgan fingerprint density at radius 3 is 2.13 bits per heavy atom. The summed E-state index contributed by atoms with van der Waals surface area (Å²) < 4.78 is 26.9. The highest BCUT2D eigenvalue weighted by molar-refractivity contribution is 7.89. The van der Waals surface area contributed by atoms with E-state index in [2.05, 4.69) is 5.32 Å². The van der Waals surface area contributed by atoms with Gasteiger partial charge in [0.25, 0.3) is 11.8 Å². The summed E-state index contributed by atoms with van der Waals surface area (Å²) in [5, 5.41) is 2.60. The highest BCUT2D eigenvalue weighted by Gasteiger charge is 2.40. The number of carbonyl (C=O) groups is 3. The Bertz CT molecular complexity index is 1130. The molecule has 3 amide bonds. The lowest BCUT2D eigenvalue weighted by atomic mass is 10.1. The van der Waals surface area contributed by atoms with Crippen LogP contribution in [0.15, 0.2) is 47.4 Å². The minimum Gasteiger partial charge on any atom is -0.324 e. The van der Waals surface area contributed by atoms with E-state index >= 15 is 0 Å². The Labute approximate surface area is 185 Å². The largest absolute Gasteiger partial charge is 0.324 e. The van der Waals surface area contributed by atoms with Crippen LogP contribution >= 0.6 is 11.6 Å². The SMILES string of the molecule is CCN(CC)S(=O)(=O)c1cc(NC(=O)C(C)N2C(=O)c3ccccc3C2=O)ccc1Cl. The molecule has 31 heavy (non-hydrogen) atoms. The molecule has 0 aliphatic carbocycles. The van der Waals surface area contributed by atoms with Crippen LogP contribution in [0.2, 0.25) is 5.02 Å². The summed E-state index contributed by atoms with van der Waals surface area (Å²) in [6.07, 6.45) is 0. The molecular weight excluding hydrogens is 442 g/mol. The van der Waals surface area contributed by atoms with Gasteiger partial charge >= 0.3 is 0 Å². The number of fused-ring (bicyclic) bond motifs is 1. The fourth-order valence-electron chi connectivity index (χ4n) is 3.40. The molecule has 0 spiro atoms. The molecule has 10 heteroatoms. The van der Waals surface area contributed by atoms with Crippen molar-refractivity contribution in [2.24, 2.45) is 0 Å². The van der Waals surface area contributed by atoms with Gasteiger partial charge < -0.3 is 5.32 Å². The highest BCUT2D eigenvalue weighted by atomic mass is 35.5. The van der Waals surface area contributed by atoms with E-state index in [-0.39, 0.29) is 39.8 Å². The minimum absolute atomic E-state index is 0.0262. The maximum atomic E-state index is 12.8. The van der Waals surface area contributed by atoms with Gasteiger partial charge in [-0.05, 0) is 37.3 Å². The fraction of sp³-hybridized carbons (Fsp3) is 0.286. The maximum absolute atomic E-state index is 12.8. The number of amides is 3. The zero-order valence-corrected chi connectivity index (χ0v) is 18.8. The molecule has 1 aliphatic rings. The predicted molar refractivity (Wildman–Crippen MR) is 117 cm³/mol. The maximum Gasteiger partial charge on any atom is 0.262 e. The van der Waals surface area contributed by atoms with Gasteiger partial charge in [-0.1, -0.05) is 37.6 Å². The average molecular weight is 464 g/mol. The molecule has 3 rings (SSSR count). The lowest BCUT2D eigenvalue weighted by Crippen LogP contribution is -2.45. The summed E-state index contributed by atoms with van der Waals surface area (Å²) in [4.78, 5) is 38.7. The number of halogens is 1. The van der Waals surface area contributed by atoms with Crippen LogP contribution in [0.5, 0.6) is 0 Å². The van der Waals surface area contributed by atoms with Crippen molar-refractivity contribution in [3.05, 3.63) is 58.6 Å². The average Bonchev–Trinajstić information content (AvgIpc) is 3.00. The van der Waals surface area contributed by atoms with Crippen LogP contribution in [-0.2, 0) is 14.8 Å². The monoisotopic (exact) mass is 463 g/mol. The van der Waals surface area contributed by atoms with E-state index in [0.29, 0.717) is 0 Å². The van der Waals surface area contributed by atoms with Gasteiger partial charge in [0.1, 0.15) is 10.9 Å². The van der Waals surface area contributed by atoms with Gasteiger partial charge in [0, 0.05) is 18.8 Å². The summed E-state index contributed by atoms with van der Waals surface area (Å²) in [7, 11) is -3.85. The summed E-state index contributed by atoms with van der Waals surface area (Å²) >= 11 is 6.12. The van der Waals surface area contributed by atoms with Gasteiger partial charge in [0.15, 0.2) is 0 Å². The van der Waals surface area contributed by atoms with Crippen LogP contribution in [0.25, 0.3) is 0 Å². The normalized spacial score (nSPS) is 14.7. The smallest absolute Gasteiger partial charge is 0.262 e. The number of nitrogens with one attached hydrogen (secondary N) is 1. The van der Waals surface area contributed by atoms with Crippen molar-refractivity contribution >= 4 is 45.0 Å². The van der Waals surface area contributed by atoms with Crippen LogP contribution in [0.4, 0.5) is 5.69 Å². The second kappa shape index (κ2) is 8.78. The molecule has 164 valence electrons. The second-order valence-corrected chi connectivity index (χ2v) is 9.24. The first-order chi connectivity index (χ1) is 14.6. The van der Waals surface area contributed by atoms with Gasteiger partial charge in [-0.25, -0.2) is 8.42 Å². The van der Waals surface area contributed by atoms with Crippen LogP contribution < -0.4 is 5.32 Å². The summed E-state index contributed by atoms with van der Waals surface area (Å²) in [6.45, 7) is 5.39. The minimum atomic E-state index is -3.85. The van der Waals surface area contributed by atoms with Crippen molar-refractivity contribution < 1.29 is 22.8 Å². The van der Waals surface area contributed by atoms with Gasteiger partial charge in [0.05, 0.1) is 16.1 Å². The quantitative estimate of drug-likeness (QED) is 0.635. The van der Waals surface area contributed by atoms with Gasteiger partial charge in [0.2, 0.25) is 15.9 Å². The number of benzene rings is 2. The molecule has 0 bridgehead atoms.